The number of hydrogen-bond donors (Lipinski definition) is 1. The standard InChI is InChI=1S/C13H17N3O4S2/c1-4-20-9-5-6-10(11(7-9)16(18)19)14-12(17)8-22-13(21)15(2)3/h5-7H,4,8H2,1-3H3,(H,14,17). The number of carbonyl (C=O) groups is 1. The quantitative estimate of drug-likeness (QED) is 0.482. The lowest BCUT2D eigenvalue weighted by Gasteiger charge is -2.12. The number of amides is 1. The lowest BCUT2D eigenvalue weighted by Crippen LogP contribution is -2.21. The summed E-state index contributed by atoms with van der Waals surface area (Å²) in [4.78, 5) is 24.1. The molecule has 1 aromatic carbocycles. The minimum absolute atomic E-state index is 0.0847. The highest BCUT2D eigenvalue weighted by atomic mass is 32.2. The van der Waals surface area contributed by atoms with Gasteiger partial charge in [0.05, 0.1) is 23.3 Å². The van der Waals surface area contributed by atoms with Crippen molar-refractivity contribution >= 4 is 45.6 Å². The van der Waals surface area contributed by atoms with E-state index in [-0.39, 0.29) is 23.0 Å². The second-order valence-corrected chi connectivity index (χ2v) is 5.98. The van der Waals surface area contributed by atoms with Crippen LogP contribution in [0.25, 0.3) is 0 Å². The Bertz CT molecular complexity index is 578. The van der Waals surface area contributed by atoms with Gasteiger partial charge in [0.15, 0.2) is 0 Å². The maximum absolute atomic E-state index is 11.9. The van der Waals surface area contributed by atoms with Gasteiger partial charge >= 0.3 is 0 Å². The molecule has 0 bridgehead atoms. The average molecular weight is 343 g/mol. The van der Waals surface area contributed by atoms with Crippen molar-refractivity contribution in [2.24, 2.45) is 0 Å². The van der Waals surface area contributed by atoms with Crippen molar-refractivity contribution in [1.29, 1.82) is 0 Å². The molecule has 22 heavy (non-hydrogen) atoms. The first kappa shape index (κ1) is 18.2. The molecule has 0 radical (unpaired) electrons. The van der Waals surface area contributed by atoms with Gasteiger partial charge in [0.2, 0.25) is 5.91 Å². The Morgan fingerprint density at radius 1 is 1.50 bits per heavy atom. The zero-order valence-corrected chi connectivity index (χ0v) is 14.1. The maximum Gasteiger partial charge on any atom is 0.296 e. The number of nitro groups is 1. The summed E-state index contributed by atoms with van der Waals surface area (Å²) in [6, 6.07) is 4.32. The molecule has 0 saturated carbocycles. The molecular formula is C13H17N3O4S2. The van der Waals surface area contributed by atoms with Crippen LogP contribution in [0.3, 0.4) is 0 Å². The first-order valence-electron chi connectivity index (χ1n) is 6.40. The molecule has 7 nitrogen and oxygen atoms in total. The molecule has 0 aliphatic carbocycles. The highest BCUT2D eigenvalue weighted by Crippen LogP contribution is 2.29. The summed E-state index contributed by atoms with van der Waals surface area (Å²) in [5, 5.41) is 13.6. The second kappa shape index (κ2) is 8.54. The molecule has 0 atom stereocenters. The zero-order chi connectivity index (χ0) is 16.7. The molecule has 0 aliphatic rings. The number of ether oxygens (including phenoxy) is 1. The minimum Gasteiger partial charge on any atom is -0.494 e. The van der Waals surface area contributed by atoms with E-state index in [0.717, 1.165) is 0 Å². The van der Waals surface area contributed by atoms with Gasteiger partial charge in [-0.15, -0.1) is 0 Å². The van der Waals surface area contributed by atoms with Crippen LogP contribution in [-0.4, -0.2) is 46.5 Å². The Morgan fingerprint density at radius 2 is 2.18 bits per heavy atom. The van der Waals surface area contributed by atoms with Gasteiger partial charge in [0, 0.05) is 14.1 Å². The zero-order valence-electron chi connectivity index (χ0n) is 12.5. The minimum atomic E-state index is -0.560. The number of hydrogen-bond acceptors (Lipinski definition) is 6. The average Bonchev–Trinajstić information content (AvgIpc) is 2.46. The van der Waals surface area contributed by atoms with Crippen molar-refractivity contribution in [3.05, 3.63) is 28.3 Å². The van der Waals surface area contributed by atoms with Crippen molar-refractivity contribution in [3.8, 4) is 5.75 Å². The fraction of sp³-hybridized carbons (Fsp3) is 0.385. The van der Waals surface area contributed by atoms with Gasteiger partial charge < -0.3 is 15.0 Å². The molecule has 1 aromatic rings. The molecule has 1 rings (SSSR count). The van der Waals surface area contributed by atoms with Gasteiger partial charge in [-0.05, 0) is 19.1 Å². The Hall–Kier alpha value is -1.87. The number of rotatable bonds is 6. The van der Waals surface area contributed by atoms with Gasteiger partial charge in [-0.1, -0.05) is 24.0 Å². The lowest BCUT2D eigenvalue weighted by molar-refractivity contribution is -0.384. The molecule has 9 heteroatoms. The Morgan fingerprint density at radius 3 is 2.73 bits per heavy atom. The van der Waals surface area contributed by atoms with Crippen molar-refractivity contribution in [2.75, 3.05) is 31.8 Å². The number of thioether (sulfide) groups is 1. The third-order valence-electron chi connectivity index (χ3n) is 2.44. The predicted octanol–water partition coefficient (Wildman–Crippen LogP) is 2.51. The van der Waals surface area contributed by atoms with Crippen LogP contribution in [-0.2, 0) is 4.79 Å². The smallest absolute Gasteiger partial charge is 0.296 e. The third-order valence-corrected chi connectivity index (χ3v) is 4.18. The number of benzene rings is 1. The van der Waals surface area contributed by atoms with E-state index in [1.54, 1.807) is 32.0 Å². The Labute approximate surface area is 138 Å². The number of nitro benzene ring substituents is 1. The van der Waals surface area contributed by atoms with Gasteiger partial charge in [0.1, 0.15) is 15.8 Å². The van der Waals surface area contributed by atoms with Crippen molar-refractivity contribution < 1.29 is 14.5 Å². The van der Waals surface area contributed by atoms with Crippen LogP contribution in [0.1, 0.15) is 6.92 Å². The molecule has 0 aromatic heterocycles. The molecule has 0 spiro atoms. The highest BCUT2D eigenvalue weighted by molar-refractivity contribution is 8.23. The normalized spacial score (nSPS) is 9.95. The van der Waals surface area contributed by atoms with Crippen LogP contribution in [0.4, 0.5) is 11.4 Å². The first-order chi connectivity index (χ1) is 10.3. The summed E-state index contributed by atoms with van der Waals surface area (Å²) in [5.41, 5.74) is -0.0747. The molecule has 1 amide bonds. The lowest BCUT2D eigenvalue weighted by atomic mass is 10.2. The summed E-state index contributed by atoms with van der Waals surface area (Å²) >= 11 is 6.25. The van der Waals surface area contributed by atoms with Crippen molar-refractivity contribution in [3.63, 3.8) is 0 Å². The molecule has 0 unspecified atom stereocenters. The molecule has 0 saturated heterocycles. The van der Waals surface area contributed by atoms with Crippen LogP contribution < -0.4 is 10.1 Å². The molecule has 1 N–H and O–H groups in total. The number of thiocarbonyl (C=S) groups is 1. The van der Waals surface area contributed by atoms with Gasteiger partial charge in [0.25, 0.3) is 5.69 Å². The number of nitrogens with zero attached hydrogens (tertiary/aromatic N) is 2. The Balaban J connectivity index is 2.77. The molecule has 120 valence electrons. The van der Waals surface area contributed by atoms with Gasteiger partial charge in [-0.3, -0.25) is 14.9 Å². The van der Waals surface area contributed by atoms with E-state index in [0.29, 0.717) is 16.7 Å². The molecular weight excluding hydrogens is 326 g/mol. The van der Waals surface area contributed by atoms with Crippen molar-refractivity contribution in [2.45, 2.75) is 6.92 Å². The highest BCUT2D eigenvalue weighted by Gasteiger charge is 2.17. The van der Waals surface area contributed by atoms with Crippen LogP contribution in [0.5, 0.6) is 5.75 Å². The van der Waals surface area contributed by atoms with Crippen LogP contribution in [0.2, 0.25) is 0 Å². The summed E-state index contributed by atoms with van der Waals surface area (Å²) in [6.07, 6.45) is 0. The fourth-order valence-corrected chi connectivity index (χ4v) is 2.23. The largest absolute Gasteiger partial charge is 0.494 e. The van der Waals surface area contributed by atoms with E-state index in [1.165, 1.54) is 23.9 Å². The van der Waals surface area contributed by atoms with E-state index in [9.17, 15) is 14.9 Å². The SMILES string of the molecule is CCOc1ccc(NC(=O)CSC(=S)N(C)C)c([N+](=O)[O-])c1. The monoisotopic (exact) mass is 343 g/mol. The number of nitrogens with one attached hydrogen (secondary N) is 1. The summed E-state index contributed by atoms with van der Waals surface area (Å²) in [7, 11) is 3.56. The van der Waals surface area contributed by atoms with Gasteiger partial charge in [-0.25, -0.2) is 0 Å². The van der Waals surface area contributed by atoms with Crippen LogP contribution in [0, 0.1) is 10.1 Å². The van der Waals surface area contributed by atoms with E-state index >= 15 is 0 Å². The molecule has 0 aliphatic heterocycles. The topological polar surface area (TPSA) is 84.7 Å². The summed E-state index contributed by atoms with van der Waals surface area (Å²) in [6.45, 7) is 2.19. The van der Waals surface area contributed by atoms with E-state index in [4.69, 9.17) is 17.0 Å². The number of anilines is 1. The van der Waals surface area contributed by atoms with Gasteiger partial charge in [-0.2, -0.15) is 0 Å². The van der Waals surface area contributed by atoms with E-state index in [1.807, 2.05) is 0 Å². The molecule has 0 fully saturated rings. The summed E-state index contributed by atoms with van der Waals surface area (Å²) < 4.78 is 5.78. The first-order valence-corrected chi connectivity index (χ1v) is 7.79. The van der Waals surface area contributed by atoms with Crippen LogP contribution in [0.15, 0.2) is 18.2 Å². The fourth-order valence-electron chi connectivity index (χ4n) is 1.47. The maximum atomic E-state index is 11.9. The number of carbonyl (C=O) groups excluding carboxylic acids is 1. The molecule has 0 heterocycles. The predicted molar refractivity (Wildman–Crippen MR) is 91.6 cm³/mol. The van der Waals surface area contributed by atoms with E-state index in [2.05, 4.69) is 5.32 Å². The third kappa shape index (κ3) is 5.49. The van der Waals surface area contributed by atoms with E-state index < -0.39 is 4.92 Å². The second-order valence-electron chi connectivity index (χ2n) is 4.37. The van der Waals surface area contributed by atoms with Crippen molar-refractivity contribution in [1.82, 2.24) is 4.90 Å². The summed E-state index contributed by atoms with van der Waals surface area (Å²) in [5.74, 6) is 0.110. The van der Waals surface area contributed by atoms with Crippen LogP contribution >= 0.6 is 24.0 Å². The Kier molecular flexibility index (Phi) is 7.06.